The molecule has 4 nitrogen and oxygen atoms in total. The van der Waals surface area contributed by atoms with Gasteiger partial charge in [0.25, 0.3) is 0 Å². The number of rotatable bonds is 2. The number of hydrogen-bond acceptors (Lipinski definition) is 2. The number of carbonyl (C=O) groups excluding carboxylic acids is 1. The Morgan fingerprint density at radius 2 is 1.74 bits per heavy atom. The van der Waals surface area contributed by atoms with Gasteiger partial charge in [-0.05, 0) is 24.5 Å². The molecule has 2 aromatic carbocycles. The molecule has 0 atom stereocenters. The number of urea groups is 1. The molecule has 7 heteroatoms. The van der Waals surface area contributed by atoms with E-state index in [1.165, 1.54) is 11.3 Å². The number of thiazole rings is 1. The maximum absolute atomic E-state index is 12.4. The van der Waals surface area contributed by atoms with Gasteiger partial charge in [0.15, 0.2) is 4.80 Å². The van der Waals surface area contributed by atoms with Crippen molar-refractivity contribution in [3.05, 3.63) is 68.9 Å². The summed E-state index contributed by atoms with van der Waals surface area (Å²) in [6.45, 7) is 1.54. The lowest BCUT2D eigenvalue weighted by molar-refractivity contribution is 0.218. The molecule has 0 saturated carbocycles. The van der Waals surface area contributed by atoms with E-state index < -0.39 is 0 Å². The van der Waals surface area contributed by atoms with Crippen molar-refractivity contribution in [1.29, 1.82) is 0 Å². The first-order valence-corrected chi connectivity index (χ1v) is 10.3. The molecule has 1 aliphatic heterocycles. The number of hydrogen-bond donors (Lipinski definition) is 0. The number of likely N-dealkylation sites (tertiary alicyclic amines) is 1. The Kier molecular flexibility index (Phi) is 5.34. The molecule has 0 aliphatic carbocycles. The highest BCUT2D eigenvalue weighted by Gasteiger charge is 2.18. The summed E-state index contributed by atoms with van der Waals surface area (Å²) in [5, 5.41) is 2.80. The zero-order valence-electron chi connectivity index (χ0n) is 14.4. The normalized spacial score (nSPS) is 14.7. The molecule has 1 fully saturated rings. The average Bonchev–Trinajstić information content (AvgIpc) is 3.37. The molecule has 0 unspecified atom stereocenters. The van der Waals surface area contributed by atoms with E-state index in [1.54, 1.807) is 4.90 Å². The average molecular weight is 418 g/mol. The molecule has 0 radical (unpaired) electrons. The summed E-state index contributed by atoms with van der Waals surface area (Å²) in [5.74, 6) is 0. The van der Waals surface area contributed by atoms with Crippen molar-refractivity contribution in [2.45, 2.75) is 12.8 Å². The Labute approximate surface area is 171 Å². The van der Waals surface area contributed by atoms with Crippen LogP contribution in [-0.4, -0.2) is 28.6 Å². The van der Waals surface area contributed by atoms with E-state index in [0.29, 0.717) is 20.5 Å². The van der Waals surface area contributed by atoms with Crippen molar-refractivity contribution in [2.75, 3.05) is 13.1 Å². The Balaban J connectivity index is 1.74. The van der Waals surface area contributed by atoms with Gasteiger partial charge in [-0.1, -0.05) is 59.6 Å². The first-order chi connectivity index (χ1) is 13.1. The molecule has 27 heavy (non-hydrogen) atoms. The Morgan fingerprint density at radius 3 is 2.48 bits per heavy atom. The second-order valence-electron chi connectivity index (χ2n) is 6.27. The number of halogens is 2. The highest BCUT2D eigenvalue weighted by Crippen LogP contribution is 2.37. The van der Waals surface area contributed by atoms with Gasteiger partial charge in [0.05, 0.1) is 15.7 Å². The molecule has 1 aromatic heterocycles. The third kappa shape index (κ3) is 3.68. The summed E-state index contributed by atoms with van der Waals surface area (Å²) in [6, 6.07) is 13.5. The monoisotopic (exact) mass is 417 g/mol. The van der Waals surface area contributed by atoms with Crippen LogP contribution in [0.5, 0.6) is 0 Å². The maximum Gasteiger partial charge on any atom is 0.346 e. The van der Waals surface area contributed by atoms with E-state index in [0.717, 1.165) is 37.1 Å². The van der Waals surface area contributed by atoms with Crippen LogP contribution < -0.4 is 4.80 Å². The van der Waals surface area contributed by atoms with Gasteiger partial charge in [-0.2, -0.15) is 4.99 Å². The lowest BCUT2D eigenvalue weighted by atomic mass is 10.1. The van der Waals surface area contributed by atoms with E-state index >= 15 is 0 Å². The van der Waals surface area contributed by atoms with Crippen LogP contribution in [0.1, 0.15) is 12.8 Å². The standard InChI is InChI=1S/C20H17Cl2N3OS/c21-17-15(14-6-2-1-3-7-14)8-9-16(18(17)22)25-12-13-27-20(25)23-19(26)24-10-4-5-11-24/h1-3,6-9,12-13H,4-5,10-11H2/b23-20-. The lowest BCUT2D eigenvalue weighted by Gasteiger charge is -2.13. The number of nitrogens with zero attached hydrogens (tertiary/aromatic N) is 3. The SMILES string of the molecule is O=C(/N=c1\sccn1-c1ccc(-c2ccccc2)c(Cl)c1Cl)N1CCCC1. The van der Waals surface area contributed by atoms with Crippen LogP contribution in [0.4, 0.5) is 4.79 Å². The zero-order valence-corrected chi connectivity index (χ0v) is 16.8. The quantitative estimate of drug-likeness (QED) is 0.532. The lowest BCUT2D eigenvalue weighted by Crippen LogP contribution is -2.27. The summed E-state index contributed by atoms with van der Waals surface area (Å²) >= 11 is 14.5. The van der Waals surface area contributed by atoms with Gasteiger partial charge in [0.1, 0.15) is 0 Å². The van der Waals surface area contributed by atoms with Crippen molar-refractivity contribution in [3.63, 3.8) is 0 Å². The molecule has 0 bridgehead atoms. The molecular weight excluding hydrogens is 401 g/mol. The molecule has 1 aliphatic rings. The highest BCUT2D eigenvalue weighted by molar-refractivity contribution is 7.07. The predicted molar refractivity (Wildman–Crippen MR) is 111 cm³/mol. The Morgan fingerprint density at radius 1 is 1.00 bits per heavy atom. The molecule has 138 valence electrons. The van der Waals surface area contributed by atoms with Crippen LogP contribution >= 0.6 is 34.5 Å². The summed E-state index contributed by atoms with van der Waals surface area (Å²) in [6.07, 6.45) is 3.92. The van der Waals surface area contributed by atoms with Crippen LogP contribution in [0, 0.1) is 0 Å². The van der Waals surface area contributed by atoms with Crippen molar-refractivity contribution < 1.29 is 4.79 Å². The highest BCUT2D eigenvalue weighted by atomic mass is 35.5. The smallest absolute Gasteiger partial charge is 0.323 e. The summed E-state index contributed by atoms with van der Waals surface area (Å²) in [4.78, 5) is 19.0. The summed E-state index contributed by atoms with van der Waals surface area (Å²) in [7, 11) is 0. The Bertz CT molecular complexity index is 1040. The summed E-state index contributed by atoms with van der Waals surface area (Å²) < 4.78 is 1.81. The number of benzene rings is 2. The minimum atomic E-state index is -0.202. The van der Waals surface area contributed by atoms with Crippen LogP contribution in [0.25, 0.3) is 16.8 Å². The van der Waals surface area contributed by atoms with Gasteiger partial charge < -0.3 is 4.90 Å². The molecule has 1 saturated heterocycles. The van der Waals surface area contributed by atoms with Gasteiger partial charge in [0, 0.05) is 30.2 Å². The number of aromatic nitrogens is 1. The molecule has 4 rings (SSSR count). The van der Waals surface area contributed by atoms with Gasteiger partial charge >= 0.3 is 6.03 Å². The van der Waals surface area contributed by atoms with E-state index in [2.05, 4.69) is 4.99 Å². The predicted octanol–water partition coefficient (Wildman–Crippen LogP) is 5.63. The van der Waals surface area contributed by atoms with Crippen molar-refractivity contribution in [2.24, 2.45) is 4.99 Å². The van der Waals surface area contributed by atoms with Crippen LogP contribution in [0.2, 0.25) is 10.0 Å². The molecule has 2 heterocycles. The first kappa shape index (κ1) is 18.3. The zero-order chi connectivity index (χ0) is 18.8. The third-order valence-electron chi connectivity index (χ3n) is 4.56. The molecular formula is C20H17Cl2N3OS. The fourth-order valence-electron chi connectivity index (χ4n) is 3.16. The van der Waals surface area contributed by atoms with Crippen molar-refractivity contribution in [1.82, 2.24) is 9.47 Å². The van der Waals surface area contributed by atoms with Gasteiger partial charge in [-0.15, -0.1) is 11.3 Å². The van der Waals surface area contributed by atoms with E-state index in [1.807, 2.05) is 58.6 Å². The number of amides is 2. The van der Waals surface area contributed by atoms with Gasteiger partial charge in [0.2, 0.25) is 0 Å². The third-order valence-corrected chi connectivity index (χ3v) is 6.19. The maximum atomic E-state index is 12.4. The van der Waals surface area contributed by atoms with Crippen LogP contribution in [0.3, 0.4) is 0 Å². The van der Waals surface area contributed by atoms with Crippen LogP contribution in [0.15, 0.2) is 59.0 Å². The molecule has 0 spiro atoms. The fraction of sp³-hybridized carbons (Fsp3) is 0.200. The molecule has 2 amide bonds. The van der Waals surface area contributed by atoms with Crippen LogP contribution in [-0.2, 0) is 0 Å². The number of carbonyl (C=O) groups is 1. The van der Waals surface area contributed by atoms with Gasteiger partial charge in [-0.3, -0.25) is 4.57 Å². The minimum absolute atomic E-state index is 0.202. The van der Waals surface area contributed by atoms with Crippen molar-refractivity contribution >= 4 is 40.6 Å². The second kappa shape index (κ2) is 7.89. The van der Waals surface area contributed by atoms with E-state index in [9.17, 15) is 4.79 Å². The van der Waals surface area contributed by atoms with Gasteiger partial charge in [-0.25, -0.2) is 4.79 Å². The fourth-order valence-corrected chi connectivity index (χ4v) is 4.40. The van der Waals surface area contributed by atoms with Crippen molar-refractivity contribution in [3.8, 4) is 16.8 Å². The van der Waals surface area contributed by atoms with E-state index in [4.69, 9.17) is 23.2 Å². The topological polar surface area (TPSA) is 37.6 Å². The Hall–Kier alpha value is -2.08. The minimum Gasteiger partial charge on any atom is -0.323 e. The molecule has 3 aromatic rings. The first-order valence-electron chi connectivity index (χ1n) is 8.69. The van der Waals surface area contributed by atoms with E-state index in [-0.39, 0.29) is 6.03 Å². The second-order valence-corrected chi connectivity index (χ2v) is 7.90. The molecule has 0 N–H and O–H groups in total. The largest absolute Gasteiger partial charge is 0.346 e. The summed E-state index contributed by atoms with van der Waals surface area (Å²) in [5.41, 5.74) is 2.57.